The van der Waals surface area contributed by atoms with Crippen LogP contribution in [0.5, 0.6) is 5.75 Å². The fourth-order valence-corrected chi connectivity index (χ4v) is 3.47. The zero-order valence-electron chi connectivity index (χ0n) is 16.8. The minimum Gasteiger partial charge on any atom is -0.497 e. The minimum absolute atomic E-state index is 0.299. The molecule has 6 heteroatoms. The number of esters is 1. The fraction of sp³-hybridized carbons (Fsp3) is 0.500. The van der Waals surface area contributed by atoms with E-state index in [2.05, 4.69) is 0 Å². The van der Waals surface area contributed by atoms with E-state index in [4.69, 9.17) is 18.9 Å². The van der Waals surface area contributed by atoms with Crippen LogP contribution >= 0.6 is 0 Å². The number of aliphatic hydroxyl groups is 1. The lowest BCUT2D eigenvalue weighted by atomic mass is 10.0. The van der Waals surface area contributed by atoms with Crippen molar-refractivity contribution < 1.29 is 28.8 Å². The zero-order valence-corrected chi connectivity index (χ0v) is 16.8. The van der Waals surface area contributed by atoms with Crippen LogP contribution in [-0.2, 0) is 14.2 Å². The van der Waals surface area contributed by atoms with Crippen molar-refractivity contribution in [2.45, 2.75) is 63.8 Å². The standard InChI is InChI=1S/C22H28O6/c1-14-7-5-9-18(23)20-19(27-22(2,3)28-20)10-6-8-15-13-16(25-4)11-12-17(15)21(24)26-14/h5-6,8-9,11-14,18-20,23H,7,10H2,1-4H3/t14-,18?,19-,20+/m0/s1. The maximum atomic E-state index is 12.6. The van der Waals surface area contributed by atoms with Gasteiger partial charge >= 0.3 is 5.97 Å². The summed E-state index contributed by atoms with van der Waals surface area (Å²) in [7, 11) is 1.58. The molecule has 1 saturated heterocycles. The predicted molar refractivity (Wildman–Crippen MR) is 105 cm³/mol. The van der Waals surface area contributed by atoms with Crippen molar-refractivity contribution in [2.24, 2.45) is 0 Å². The molecule has 1 fully saturated rings. The number of methoxy groups -OCH3 is 1. The van der Waals surface area contributed by atoms with Crippen molar-refractivity contribution in [2.75, 3.05) is 7.11 Å². The van der Waals surface area contributed by atoms with E-state index in [0.717, 1.165) is 0 Å². The first-order chi connectivity index (χ1) is 13.3. The summed E-state index contributed by atoms with van der Waals surface area (Å²) in [5.74, 6) is -0.497. The molecule has 2 aliphatic heterocycles. The average molecular weight is 388 g/mol. The first-order valence-electron chi connectivity index (χ1n) is 9.55. The summed E-state index contributed by atoms with van der Waals surface area (Å²) in [4.78, 5) is 12.6. The second-order valence-corrected chi connectivity index (χ2v) is 7.60. The second-order valence-electron chi connectivity index (χ2n) is 7.60. The van der Waals surface area contributed by atoms with Gasteiger partial charge in [-0.1, -0.05) is 24.3 Å². The van der Waals surface area contributed by atoms with Crippen LogP contribution in [0.3, 0.4) is 0 Å². The van der Waals surface area contributed by atoms with Crippen LogP contribution in [0.1, 0.15) is 49.5 Å². The number of carbonyl (C=O) groups excluding carboxylic acids is 1. The molecule has 152 valence electrons. The lowest BCUT2D eigenvalue weighted by Gasteiger charge is -2.20. The number of hydrogen-bond acceptors (Lipinski definition) is 6. The molecule has 3 rings (SSSR count). The van der Waals surface area contributed by atoms with Crippen molar-refractivity contribution >= 4 is 12.0 Å². The highest BCUT2D eigenvalue weighted by molar-refractivity contribution is 5.94. The first-order valence-corrected chi connectivity index (χ1v) is 9.55. The lowest BCUT2D eigenvalue weighted by Crippen LogP contribution is -2.34. The third-order valence-electron chi connectivity index (χ3n) is 4.81. The Labute approximate surface area is 165 Å². The van der Waals surface area contributed by atoms with E-state index in [0.29, 0.717) is 29.7 Å². The molecule has 4 atom stereocenters. The summed E-state index contributed by atoms with van der Waals surface area (Å²) < 4.78 is 22.7. The van der Waals surface area contributed by atoms with Crippen LogP contribution in [0.15, 0.2) is 36.4 Å². The monoisotopic (exact) mass is 388 g/mol. The van der Waals surface area contributed by atoms with Gasteiger partial charge in [-0.15, -0.1) is 0 Å². The number of carbonyl (C=O) groups is 1. The van der Waals surface area contributed by atoms with Crippen LogP contribution in [0.4, 0.5) is 0 Å². The number of aliphatic hydroxyl groups excluding tert-OH is 1. The minimum atomic E-state index is -0.807. The van der Waals surface area contributed by atoms with Gasteiger partial charge in [0.2, 0.25) is 0 Å². The van der Waals surface area contributed by atoms with E-state index in [1.807, 2.05) is 39.0 Å². The average Bonchev–Trinajstić information content (AvgIpc) is 2.95. The highest BCUT2D eigenvalue weighted by Crippen LogP contribution is 2.33. The van der Waals surface area contributed by atoms with Crippen molar-refractivity contribution in [3.63, 3.8) is 0 Å². The van der Waals surface area contributed by atoms with E-state index in [1.54, 1.807) is 31.4 Å². The van der Waals surface area contributed by atoms with Gasteiger partial charge in [0.1, 0.15) is 24.1 Å². The van der Waals surface area contributed by atoms with Crippen molar-refractivity contribution in [1.29, 1.82) is 0 Å². The van der Waals surface area contributed by atoms with Crippen molar-refractivity contribution in [1.82, 2.24) is 0 Å². The number of benzene rings is 1. The molecule has 0 bridgehead atoms. The van der Waals surface area contributed by atoms with Crippen LogP contribution < -0.4 is 4.74 Å². The summed E-state index contributed by atoms with van der Waals surface area (Å²) in [6, 6.07) is 5.25. The van der Waals surface area contributed by atoms with Gasteiger partial charge in [-0.05, 0) is 51.0 Å². The van der Waals surface area contributed by atoms with E-state index in [9.17, 15) is 9.90 Å². The van der Waals surface area contributed by atoms with Crippen molar-refractivity contribution in [3.05, 3.63) is 47.6 Å². The highest BCUT2D eigenvalue weighted by atomic mass is 16.8. The van der Waals surface area contributed by atoms with Crippen LogP contribution in [0.2, 0.25) is 0 Å². The molecule has 0 spiro atoms. The van der Waals surface area contributed by atoms with E-state index in [-0.39, 0.29) is 18.2 Å². The molecule has 0 radical (unpaired) electrons. The Balaban J connectivity index is 1.94. The van der Waals surface area contributed by atoms with Gasteiger partial charge in [-0.2, -0.15) is 0 Å². The second kappa shape index (κ2) is 8.47. The molecule has 1 aromatic carbocycles. The first kappa shape index (κ1) is 20.6. The van der Waals surface area contributed by atoms with Gasteiger partial charge < -0.3 is 24.1 Å². The normalized spacial score (nSPS) is 30.1. The number of ether oxygens (including phenoxy) is 4. The smallest absolute Gasteiger partial charge is 0.339 e. The van der Waals surface area contributed by atoms with Crippen LogP contribution in [0, 0.1) is 0 Å². The topological polar surface area (TPSA) is 74.2 Å². The molecular formula is C22H28O6. The number of fused-ring (bicyclic) bond motifs is 2. The van der Waals surface area contributed by atoms with Gasteiger partial charge in [0.15, 0.2) is 5.79 Å². The summed E-state index contributed by atoms with van der Waals surface area (Å²) in [6.45, 7) is 5.49. The summed E-state index contributed by atoms with van der Waals surface area (Å²) >= 11 is 0. The molecular weight excluding hydrogens is 360 g/mol. The molecule has 6 nitrogen and oxygen atoms in total. The van der Waals surface area contributed by atoms with Gasteiger partial charge in [0.05, 0.1) is 18.8 Å². The number of cyclic esters (lactones) is 1. The molecule has 28 heavy (non-hydrogen) atoms. The third-order valence-corrected chi connectivity index (χ3v) is 4.81. The van der Waals surface area contributed by atoms with Crippen molar-refractivity contribution in [3.8, 4) is 5.75 Å². The maximum absolute atomic E-state index is 12.6. The Morgan fingerprint density at radius 2 is 1.96 bits per heavy atom. The molecule has 2 aliphatic rings. The Morgan fingerprint density at radius 3 is 2.71 bits per heavy atom. The Kier molecular flexibility index (Phi) is 6.23. The summed E-state index contributed by atoms with van der Waals surface area (Å²) in [5.41, 5.74) is 1.19. The molecule has 0 aromatic heterocycles. The SMILES string of the molecule is COc1ccc2c(c1)C=CC[C@@H]1OC(C)(C)O[C@@H]1C(O)C=CC[C@H](C)OC2=O. The van der Waals surface area contributed by atoms with Gasteiger partial charge in [-0.25, -0.2) is 4.79 Å². The maximum Gasteiger partial charge on any atom is 0.339 e. The molecule has 0 saturated carbocycles. The van der Waals surface area contributed by atoms with E-state index < -0.39 is 18.0 Å². The Hall–Kier alpha value is -2.15. The molecule has 0 aliphatic carbocycles. The molecule has 2 heterocycles. The molecule has 0 amide bonds. The lowest BCUT2D eigenvalue weighted by molar-refractivity contribution is -0.152. The molecule has 1 aromatic rings. The predicted octanol–water partition coefficient (Wildman–Crippen LogP) is 3.48. The Morgan fingerprint density at radius 1 is 1.18 bits per heavy atom. The van der Waals surface area contributed by atoms with Gasteiger partial charge in [-0.3, -0.25) is 0 Å². The summed E-state index contributed by atoms with van der Waals surface area (Å²) in [6.07, 6.45) is 6.38. The molecule has 1 N–H and O–H groups in total. The Bertz CT molecular complexity index is 766. The summed E-state index contributed by atoms with van der Waals surface area (Å²) in [5, 5.41) is 10.5. The van der Waals surface area contributed by atoms with E-state index >= 15 is 0 Å². The quantitative estimate of drug-likeness (QED) is 0.586. The number of hydrogen-bond donors (Lipinski definition) is 1. The fourth-order valence-electron chi connectivity index (χ4n) is 3.47. The highest BCUT2D eigenvalue weighted by Gasteiger charge is 2.43. The van der Waals surface area contributed by atoms with E-state index in [1.165, 1.54) is 0 Å². The van der Waals surface area contributed by atoms with Crippen LogP contribution in [-0.4, -0.2) is 48.4 Å². The molecule has 1 unspecified atom stereocenters. The van der Waals surface area contributed by atoms with Gasteiger partial charge in [0, 0.05) is 6.42 Å². The largest absolute Gasteiger partial charge is 0.497 e. The number of rotatable bonds is 1. The zero-order chi connectivity index (χ0) is 20.3. The van der Waals surface area contributed by atoms with Crippen LogP contribution in [0.25, 0.3) is 6.08 Å². The third kappa shape index (κ3) is 4.82. The van der Waals surface area contributed by atoms with Gasteiger partial charge in [0.25, 0.3) is 0 Å².